The van der Waals surface area contributed by atoms with Crippen LogP contribution in [0.25, 0.3) is 0 Å². The lowest BCUT2D eigenvalue weighted by Gasteiger charge is -2.11. The van der Waals surface area contributed by atoms with E-state index in [1.54, 1.807) is 0 Å². The number of aliphatic hydroxyl groups is 2. The van der Waals surface area contributed by atoms with Crippen molar-refractivity contribution >= 4 is 10.0 Å². The summed E-state index contributed by atoms with van der Waals surface area (Å²) in [6.45, 7) is -1.54. The summed E-state index contributed by atoms with van der Waals surface area (Å²) in [5.74, 6) is 0. The monoisotopic (exact) mass is 239 g/mol. The molecule has 0 aliphatic carbocycles. The maximum Gasteiger partial charge on any atom is 0.513 e. The van der Waals surface area contributed by atoms with E-state index in [0.717, 1.165) is 4.89 Å². The second-order valence-electron chi connectivity index (χ2n) is 2.18. The molecule has 1 atom stereocenters. The van der Waals surface area contributed by atoms with Crippen molar-refractivity contribution < 1.29 is 36.6 Å². The second kappa shape index (κ2) is 4.89. The summed E-state index contributed by atoms with van der Waals surface area (Å²) in [4.78, 5) is 4.55. The van der Waals surface area contributed by atoms with Crippen LogP contribution in [0.3, 0.4) is 0 Å². The fourth-order valence-corrected chi connectivity index (χ4v) is 0.625. The predicted molar refractivity (Wildman–Crippen MR) is 37.2 cm³/mol. The van der Waals surface area contributed by atoms with Gasteiger partial charge >= 0.3 is 15.5 Å². The fraction of sp³-hybridized carbons (Fsp3) is 1.00. The summed E-state index contributed by atoms with van der Waals surface area (Å²) in [7, 11) is -5.57. The molecule has 0 spiro atoms. The lowest BCUT2D eigenvalue weighted by molar-refractivity contribution is -0.0581. The quantitative estimate of drug-likeness (QED) is 0.519. The predicted octanol–water partition coefficient (Wildman–Crippen LogP) is -1.29. The number of hydrogen-bond acceptors (Lipinski definition) is 5. The molecule has 0 amide bonds. The molecule has 0 heterocycles. The molecule has 10 heteroatoms. The van der Waals surface area contributed by atoms with Crippen LogP contribution in [0.5, 0.6) is 0 Å². The Morgan fingerprint density at radius 1 is 1.43 bits per heavy atom. The largest absolute Gasteiger partial charge is 0.513 e. The summed E-state index contributed by atoms with van der Waals surface area (Å²) in [6.07, 6.45) is -1.45. The van der Waals surface area contributed by atoms with Gasteiger partial charge in [0.2, 0.25) is 0 Å². The molecule has 6 nitrogen and oxygen atoms in total. The zero-order valence-corrected chi connectivity index (χ0v) is 7.47. The Morgan fingerprint density at radius 3 is 2.29 bits per heavy atom. The van der Waals surface area contributed by atoms with E-state index in [0.29, 0.717) is 0 Å². The van der Waals surface area contributed by atoms with E-state index < -0.39 is 34.8 Å². The minimum Gasteiger partial charge on any atom is -0.394 e. The number of alkyl halides is 3. The van der Waals surface area contributed by atoms with Crippen molar-refractivity contribution in [2.45, 2.75) is 11.6 Å². The number of halogens is 3. The van der Waals surface area contributed by atoms with Gasteiger partial charge in [0.05, 0.1) is 13.2 Å². The Bertz CT molecular complexity index is 263. The van der Waals surface area contributed by atoms with Gasteiger partial charge in [0, 0.05) is 0 Å². The van der Waals surface area contributed by atoms with Gasteiger partial charge in [-0.3, -0.25) is 4.84 Å². The molecular weight excluding hydrogens is 231 g/mol. The number of sulfonamides is 1. The first-order valence-corrected chi connectivity index (χ1v) is 4.68. The molecule has 0 fully saturated rings. The molecule has 0 saturated carbocycles. The summed E-state index contributed by atoms with van der Waals surface area (Å²) in [5.41, 5.74) is -5.48. The minimum absolute atomic E-state index is 0.740. The molecule has 0 aliphatic heterocycles. The van der Waals surface area contributed by atoms with E-state index >= 15 is 0 Å². The molecule has 86 valence electrons. The highest BCUT2D eigenvalue weighted by atomic mass is 32.2. The number of rotatable bonds is 5. The highest BCUT2D eigenvalue weighted by Gasteiger charge is 2.46. The molecule has 0 aliphatic rings. The highest BCUT2D eigenvalue weighted by molar-refractivity contribution is 7.90. The van der Waals surface area contributed by atoms with Crippen molar-refractivity contribution in [1.82, 2.24) is 4.89 Å². The average Bonchev–Trinajstić information content (AvgIpc) is 2.01. The molecule has 3 N–H and O–H groups in total. The SMILES string of the molecule is O=S(=O)(NOC[C@H](O)CO)C(F)(F)F. The maximum atomic E-state index is 11.6. The normalized spacial score (nSPS) is 15.5. The van der Waals surface area contributed by atoms with E-state index in [-0.39, 0.29) is 0 Å². The smallest absolute Gasteiger partial charge is 0.394 e. The number of hydrogen-bond donors (Lipinski definition) is 3. The van der Waals surface area contributed by atoms with Gasteiger partial charge < -0.3 is 10.2 Å². The molecular formula is C4H8F3NO5S. The van der Waals surface area contributed by atoms with Gasteiger partial charge in [0.1, 0.15) is 6.10 Å². The Balaban J connectivity index is 4.03. The average molecular weight is 239 g/mol. The van der Waals surface area contributed by atoms with Crippen LogP contribution in [0.15, 0.2) is 0 Å². The van der Waals surface area contributed by atoms with Gasteiger partial charge in [-0.15, -0.1) is 0 Å². The topological polar surface area (TPSA) is 95.9 Å². The lowest BCUT2D eigenvalue weighted by atomic mass is 10.4. The van der Waals surface area contributed by atoms with Crippen LogP contribution in [0.2, 0.25) is 0 Å². The van der Waals surface area contributed by atoms with Gasteiger partial charge in [-0.05, 0) is 0 Å². The van der Waals surface area contributed by atoms with Crippen LogP contribution >= 0.6 is 0 Å². The van der Waals surface area contributed by atoms with E-state index in [1.807, 2.05) is 0 Å². The van der Waals surface area contributed by atoms with Crippen molar-refractivity contribution in [2.24, 2.45) is 0 Å². The molecule has 0 unspecified atom stereocenters. The van der Waals surface area contributed by atoms with E-state index in [9.17, 15) is 21.6 Å². The summed E-state index contributed by atoms with van der Waals surface area (Å²) in [5, 5.41) is 16.8. The van der Waals surface area contributed by atoms with E-state index in [4.69, 9.17) is 10.2 Å². The van der Waals surface area contributed by atoms with Crippen molar-refractivity contribution in [3.8, 4) is 0 Å². The first-order chi connectivity index (χ1) is 6.20. The minimum atomic E-state index is -5.57. The summed E-state index contributed by atoms with van der Waals surface area (Å²) < 4.78 is 55.2. The van der Waals surface area contributed by atoms with Crippen molar-refractivity contribution in [3.05, 3.63) is 0 Å². The van der Waals surface area contributed by atoms with Crippen LogP contribution in [-0.4, -0.2) is 43.5 Å². The van der Waals surface area contributed by atoms with E-state index in [1.165, 1.54) is 0 Å². The number of aliphatic hydroxyl groups excluding tert-OH is 2. The maximum absolute atomic E-state index is 11.6. The van der Waals surface area contributed by atoms with Crippen LogP contribution < -0.4 is 4.89 Å². The third-order valence-corrected chi connectivity index (χ3v) is 1.91. The fourth-order valence-electron chi connectivity index (χ4n) is 0.308. The first kappa shape index (κ1) is 13.6. The molecule has 0 radical (unpaired) electrons. The van der Waals surface area contributed by atoms with Gasteiger partial charge in [-0.25, -0.2) is 8.42 Å². The van der Waals surface area contributed by atoms with Gasteiger partial charge in [-0.1, -0.05) is 4.89 Å². The van der Waals surface area contributed by atoms with Crippen molar-refractivity contribution in [1.29, 1.82) is 0 Å². The van der Waals surface area contributed by atoms with Gasteiger partial charge in [0.25, 0.3) is 0 Å². The summed E-state index contributed by atoms with van der Waals surface area (Å²) >= 11 is 0. The molecule has 0 rings (SSSR count). The van der Waals surface area contributed by atoms with Crippen molar-refractivity contribution in [3.63, 3.8) is 0 Å². The van der Waals surface area contributed by atoms with Crippen LogP contribution in [0, 0.1) is 0 Å². The Labute approximate surface area is 77.3 Å². The lowest BCUT2D eigenvalue weighted by Crippen LogP contribution is -2.38. The molecule has 14 heavy (non-hydrogen) atoms. The second-order valence-corrected chi connectivity index (χ2v) is 3.82. The molecule has 0 bridgehead atoms. The van der Waals surface area contributed by atoms with Gasteiger partial charge in [-0.2, -0.15) is 13.2 Å². The van der Waals surface area contributed by atoms with Gasteiger partial charge in [0.15, 0.2) is 0 Å². The Morgan fingerprint density at radius 2 is 1.93 bits per heavy atom. The first-order valence-electron chi connectivity index (χ1n) is 3.19. The Kier molecular flexibility index (Phi) is 4.74. The Hall–Kier alpha value is -0.420. The zero-order valence-electron chi connectivity index (χ0n) is 6.65. The molecule has 0 aromatic rings. The molecule has 0 aromatic carbocycles. The molecule has 0 saturated heterocycles. The third kappa shape index (κ3) is 4.19. The third-order valence-electron chi connectivity index (χ3n) is 0.960. The summed E-state index contributed by atoms with van der Waals surface area (Å²) in [6, 6.07) is 0. The molecule has 0 aromatic heterocycles. The number of nitrogens with one attached hydrogen (secondary N) is 1. The van der Waals surface area contributed by atoms with Crippen molar-refractivity contribution in [2.75, 3.05) is 13.2 Å². The van der Waals surface area contributed by atoms with Crippen LogP contribution in [0.4, 0.5) is 13.2 Å². The zero-order chi connectivity index (χ0) is 11.4. The highest BCUT2D eigenvalue weighted by Crippen LogP contribution is 2.21. The standard InChI is InChI=1S/C4H8F3NO5S/c5-4(6,7)14(11,12)8-13-2-3(10)1-9/h3,8-10H,1-2H2/t3-/m1/s1. The van der Waals surface area contributed by atoms with E-state index in [2.05, 4.69) is 4.84 Å². The van der Waals surface area contributed by atoms with Crippen LogP contribution in [-0.2, 0) is 14.9 Å². The van der Waals surface area contributed by atoms with Crippen LogP contribution in [0.1, 0.15) is 0 Å².